The third kappa shape index (κ3) is 3.71. The van der Waals surface area contributed by atoms with Crippen molar-refractivity contribution in [3.63, 3.8) is 0 Å². The number of amides is 1. The van der Waals surface area contributed by atoms with Crippen molar-refractivity contribution >= 4 is 17.6 Å². The number of carbonyl (C=O) groups is 2. The molecule has 1 heterocycles. The van der Waals surface area contributed by atoms with E-state index in [1.54, 1.807) is 0 Å². The number of para-hydroxylation sites is 1. The zero-order chi connectivity index (χ0) is 17.7. The summed E-state index contributed by atoms with van der Waals surface area (Å²) in [4.78, 5) is 35.4. The van der Waals surface area contributed by atoms with Crippen molar-refractivity contribution in [3.05, 3.63) is 63.6 Å². The van der Waals surface area contributed by atoms with Crippen molar-refractivity contribution in [1.82, 2.24) is 4.57 Å². The molecule has 0 atom stereocenters. The van der Waals surface area contributed by atoms with Crippen LogP contribution in [0.4, 0.5) is 5.69 Å². The van der Waals surface area contributed by atoms with Gasteiger partial charge in [-0.3, -0.25) is 9.59 Å². The predicted octanol–water partition coefficient (Wildman–Crippen LogP) is 2.31. The van der Waals surface area contributed by atoms with Gasteiger partial charge in [0.2, 0.25) is 5.91 Å². The number of hydrogen-bond acceptors (Lipinski definition) is 3. The Kier molecular flexibility index (Phi) is 5.52. The van der Waals surface area contributed by atoms with E-state index in [1.807, 2.05) is 32.0 Å². The van der Waals surface area contributed by atoms with E-state index in [2.05, 4.69) is 5.32 Å². The number of aromatic carboxylic acids is 1. The molecule has 0 saturated carbocycles. The molecule has 0 aliphatic rings. The number of carboxylic acid groups (broad SMARTS) is 1. The lowest BCUT2D eigenvalue weighted by atomic mass is 10.0. The normalized spacial score (nSPS) is 10.4. The number of rotatable bonds is 6. The first kappa shape index (κ1) is 17.5. The Hall–Kier alpha value is -2.89. The molecule has 2 N–H and O–H groups in total. The first-order valence-electron chi connectivity index (χ1n) is 7.81. The second-order valence-electron chi connectivity index (χ2n) is 5.37. The maximum Gasteiger partial charge on any atom is 0.341 e. The fraction of sp³-hybridized carbons (Fsp3) is 0.278. The van der Waals surface area contributed by atoms with Crippen LogP contribution in [0.3, 0.4) is 0 Å². The zero-order valence-corrected chi connectivity index (χ0v) is 13.7. The maximum absolute atomic E-state index is 12.3. The Morgan fingerprint density at radius 2 is 1.71 bits per heavy atom. The Labute approximate surface area is 139 Å². The second-order valence-corrected chi connectivity index (χ2v) is 5.37. The van der Waals surface area contributed by atoms with Crippen molar-refractivity contribution in [1.29, 1.82) is 0 Å². The Bertz CT molecular complexity index is 802. The third-order valence-corrected chi connectivity index (χ3v) is 3.83. The van der Waals surface area contributed by atoms with Crippen LogP contribution in [-0.2, 0) is 24.2 Å². The van der Waals surface area contributed by atoms with E-state index in [-0.39, 0.29) is 18.0 Å². The van der Waals surface area contributed by atoms with Crippen LogP contribution in [-0.4, -0.2) is 21.6 Å². The molecule has 2 aromatic rings. The van der Waals surface area contributed by atoms with Crippen LogP contribution >= 0.6 is 0 Å². The van der Waals surface area contributed by atoms with Crippen molar-refractivity contribution in [2.24, 2.45) is 0 Å². The Balaban J connectivity index is 2.26. The van der Waals surface area contributed by atoms with E-state index in [9.17, 15) is 14.4 Å². The molecule has 0 radical (unpaired) electrons. The summed E-state index contributed by atoms with van der Waals surface area (Å²) in [5.74, 6) is -1.67. The highest BCUT2D eigenvalue weighted by molar-refractivity contribution is 5.92. The molecule has 1 amide bonds. The molecule has 0 bridgehead atoms. The summed E-state index contributed by atoms with van der Waals surface area (Å²) in [6.07, 6.45) is 2.95. The van der Waals surface area contributed by atoms with Crippen LogP contribution in [0.25, 0.3) is 0 Å². The number of carbonyl (C=O) groups excluding carboxylic acids is 1. The van der Waals surface area contributed by atoms with Crippen molar-refractivity contribution in [2.75, 3.05) is 5.32 Å². The van der Waals surface area contributed by atoms with Crippen molar-refractivity contribution in [3.8, 4) is 0 Å². The fourth-order valence-corrected chi connectivity index (χ4v) is 2.56. The van der Waals surface area contributed by atoms with Gasteiger partial charge < -0.3 is 15.0 Å². The summed E-state index contributed by atoms with van der Waals surface area (Å²) in [6.45, 7) is 3.78. The van der Waals surface area contributed by atoms with Crippen LogP contribution in [0.15, 0.2) is 41.3 Å². The van der Waals surface area contributed by atoms with Gasteiger partial charge in [-0.05, 0) is 36.1 Å². The number of nitrogens with one attached hydrogen (secondary N) is 1. The summed E-state index contributed by atoms with van der Waals surface area (Å²) < 4.78 is 1.10. The molecule has 0 aliphatic carbocycles. The van der Waals surface area contributed by atoms with Gasteiger partial charge in [0.15, 0.2) is 0 Å². The van der Waals surface area contributed by atoms with E-state index in [0.29, 0.717) is 0 Å². The van der Waals surface area contributed by atoms with Crippen LogP contribution in [0, 0.1) is 0 Å². The van der Waals surface area contributed by atoms with E-state index in [0.717, 1.165) is 34.2 Å². The largest absolute Gasteiger partial charge is 0.477 e. The third-order valence-electron chi connectivity index (χ3n) is 3.83. The molecule has 0 spiro atoms. The minimum absolute atomic E-state index is 0.235. The Morgan fingerprint density at radius 3 is 2.25 bits per heavy atom. The highest BCUT2D eigenvalue weighted by Gasteiger charge is 2.14. The summed E-state index contributed by atoms with van der Waals surface area (Å²) in [5.41, 5.74) is 1.77. The van der Waals surface area contributed by atoms with E-state index in [1.165, 1.54) is 18.3 Å². The van der Waals surface area contributed by atoms with Crippen LogP contribution in [0.2, 0.25) is 0 Å². The number of nitrogens with zero attached hydrogens (tertiary/aromatic N) is 1. The van der Waals surface area contributed by atoms with Crippen molar-refractivity contribution in [2.45, 2.75) is 33.2 Å². The molecule has 2 rings (SSSR count). The van der Waals surface area contributed by atoms with Gasteiger partial charge in [-0.25, -0.2) is 4.79 Å². The van der Waals surface area contributed by atoms with Gasteiger partial charge in [-0.1, -0.05) is 32.0 Å². The molecular weight excluding hydrogens is 308 g/mol. The molecule has 0 unspecified atom stereocenters. The number of carboxylic acids is 1. The monoisotopic (exact) mass is 328 g/mol. The number of benzene rings is 1. The number of aromatic nitrogens is 1. The molecule has 1 aromatic carbocycles. The number of anilines is 1. The van der Waals surface area contributed by atoms with Crippen LogP contribution in [0.5, 0.6) is 0 Å². The van der Waals surface area contributed by atoms with E-state index < -0.39 is 11.5 Å². The predicted molar refractivity (Wildman–Crippen MR) is 91.5 cm³/mol. The van der Waals surface area contributed by atoms with Gasteiger partial charge in [0.25, 0.3) is 5.56 Å². The fourth-order valence-electron chi connectivity index (χ4n) is 2.56. The summed E-state index contributed by atoms with van der Waals surface area (Å²) in [7, 11) is 0. The molecular formula is C18H20N2O4. The maximum atomic E-state index is 12.3. The van der Waals surface area contributed by atoms with Gasteiger partial charge in [0.05, 0.1) is 0 Å². The standard InChI is InChI=1S/C18H20N2O4/c1-3-12-7-5-8-13(4-2)16(12)19-15(21)11-20-10-6-9-14(17(20)22)18(23)24/h5-10H,3-4,11H2,1-2H3,(H,19,21)(H,23,24). The Morgan fingerprint density at radius 1 is 1.08 bits per heavy atom. The first-order valence-corrected chi connectivity index (χ1v) is 7.81. The average molecular weight is 328 g/mol. The van der Waals surface area contributed by atoms with Crippen molar-refractivity contribution < 1.29 is 14.7 Å². The molecule has 24 heavy (non-hydrogen) atoms. The van der Waals surface area contributed by atoms with E-state index >= 15 is 0 Å². The number of pyridine rings is 1. The molecule has 1 aromatic heterocycles. The summed E-state index contributed by atoms with van der Waals surface area (Å²) >= 11 is 0. The highest BCUT2D eigenvalue weighted by Crippen LogP contribution is 2.22. The lowest BCUT2D eigenvalue weighted by Crippen LogP contribution is -2.30. The first-order chi connectivity index (χ1) is 11.5. The minimum atomic E-state index is -1.31. The van der Waals surface area contributed by atoms with Gasteiger partial charge in [0, 0.05) is 11.9 Å². The van der Waals surface area contributed by atoms with Gasteiger partial charge >= 0.3 is 5.97 Å². The molecule has 0 fully saturated rings. The second kappa shape index (κ2) is 7.59. The van der Waals surface area contributed by atoms with Gasteiger partial charge in [-0.2, -0.15) is 0 Å². The minimum Gasteiger partial charge on any atom is -0.477 e. The van der Waals surface area contributed by atoms with Gasteiger partial charge in [-0.15, -0.1) is 0 Å². The molecule has 6 heteroatoms. The topological polar surface area (TPSA) is 88.4 Å². The quantitative estimate of drug-likeness (QED) is 0.851. The molecule has 6 nitrogen and oxygen atoms in total. The average Bonchev–Trinajstić information content (AvgIpc) is 2.56. The smallest absolute Gasteiger partial charge is 0.341 e. The zero-order valence-electron chi connectivity index (χ0n) is 13.7. The molecule has 0 saturated heterocycles. The lowest BCUT2D eigenvalue weighted by molar-refractivity contribution is -0.116. The van der Waals surface area contributed by atoms with E-state index in [4.69, 9.17) is 5.11 Å². The lowest BCUT2D eigenvalue weighted by Gasteiger charge is -2.15. The highest BCUT2D eigenvalue weighted by atomic mass is 16.4. The summed E-state index contributed by atoms with van der Waals surface area (Å²) in [5, 5.41) is 11.8. The number of hydrogen-bond donors (Lipinski definition) is 2. The molecule has 0 aliphatic heterocycles. The van der Waals surface area contributed by atoms with Gasteiger partial charge in [0.1, 0.15) is 12.1 Å². The molecule has 126 valence electrons. The SMILES string of the molecule is CCc1cccc(CC)c1NC(=O)Cn1cccc(C(=O)O)c1=O. The van der Waals surface area contributed by atoms with Crippen LogP contribution < -0.4 is 10.9 Å². The van der Waals surface area contributed by atoms with Crippen LogP contribution in [0.1, 0.15) is 35.3 Å². The number of aryl methyl sites for hydroxylation is 2. The summed E-state index contributed by atoms with van der Waals surface area (Å²) in [6, 6.07) is 8.52.